The highest BCUT2D eigenvalue weighted by atomic mass is 28.3. The van der Waals surface area contributed by atoms with E-state index < -0.39 is 8.07 Å². The first-order valence-corrected chi connectivity index (χ1v) is 26.2. The SMILES string of the molecule is c1ccc(-c2cccc(-n3c4ccc(-n5c6ccccc6c6ccccc65)cc4c4cccc(-n5c6ccccc6c6c([Si](c7ccccc7)(c7ccccc7)c7ccccc7)cccc65)c43)c2)cc1. The van der Waals surface area contributed by atoms with Crippen LogP contribution in [0.15, 0.2) is 273 Å². The molecule has 0 saturated carbocycles. The highest BCUT2D eigenvalue weighted by Crippen LogP contribution is 2.42. The van der Waals surface area contributed by atoms with Gasteiger partial charge in [0.1, 0.15) is 0 Å². The van der Waals surface area contributed by atoms with Gasteiger partial charge in [0.2, 0.25) is 0 Å². The number of aromatic nitrogens is 3. The number of benzene rings is 11. The summed E-state index contributed by atoms with van der Waals surface area (Å²) in [7, 11) is -2.94. The molecule has 0 fully saturated rings. The first-order chi connectivity index (χ1) is 34.8. The summed E-state index contributed by atoms with van der Waals surface area (Å²) >= 11 is 0. The summed E-state index contributed by atoms with van der Waals surface area (Å²) in [6.45, 7) is 0. The molecule has 0 radical (unpaired) electrons. The van der Waals surface area contributed by atoms with E-state index in [9.17, 15) is 0 Å². The van der Waals surface area contributed by atoms with Crippen molar-refractivity contribution in [2.24, 2.45) is 0 Å². The molecule has 14 aromatic rings. The number of hydrogen-bond acceptors (Lipinski definition) is 0. The minimum atomic E-state index is -2.94. The fourth-order valence-electron chi connectivity index (χ4n) is 11.9. The molecule has 4 heteroatoms. The van der Waals surface area contributed by atoms with Crippen molar-refractivity contribution in [3.63, 3.8) is 0 Å². The van der Waals surface area contributed by atoms with Gasteiger partial charge in [-0.25, -0.2) is 0 Å². The number of nitrogens with zero attached hydrogens (tertiary/aromatic N) is 3. The molecule has 0 amide bonds. The van der Waals surface area contributed by atoms with Crippen LogP contribution in [-0.4, -0.2) is 21.8 Å². The third kappa shape index (κ3) is 5.94. The van der Waals surface area contributed by atoms with Gasteiger partial charge in [-0.2, -0.15) is 0 Å². The third-order valence-corrected chi connectivity index (χ3v) is 19.6. The molecule has 0 atom stereocenters. The Morgan fingerprint density at radius 2 is 0.714 bits per heavy atom. The van der Waals surface area contributed by atoms with Crippen molar-refractivity contribution in [3.05, 3.63) is 273 Å². The van der Waals surface area contributed by atoms with Crippen molar-refractivity contribution >= 4 is 94.2 Å². The smallest absolute Gasteiger partial charge is 0.180 e. The van der Waals surface area contributed by atoms with E-state index in [1.54, 1.807) is 0 Å². The molecule has 0 aliphatic rings. The van der Waals surface area contributed by atoms with E-state index in [0.717, 1.165) is 28.1 Å². The summed E-state index contributed by atoms with van der Waals surface area (Å²) in [5, 5.41) is 12.9. The molecule has 328 valence electrons. The molecule has 0 aliphatic carbocycles. The van der Waals surface area contributed by atoms with Crippen LogP contribution in [0.2, 0.25) is 0 Å². The Morgan fingerprint density at radius 3 is 1.34 bits per heavy atom. The van der Waals surface area contributed by atoms with E-state index in [0.29, 0.717) is 0 Å². The van der Waals surface area contributed by atoms with E-state index in [1.807, 2.05) is 0 Å². The minimum Gasteiger partial charge on any atom is -0.309 e. The lowest BCUT2D eigenvalue weighted by atomic mass is 10.1. The predicted octanol–water partition coefficient (Wildman–Crippen LogP) is 14.0. The van der Waals surface area contributed by atoms with Gasteiger partial charge in [-0.05, 0) is 92.5 Å². The van der Waals surface area contributed by atoms with Gasteiger partial charge in [-0.3, -0.25) is 0 Å². The molecule has 0 unspecified atom stereocenters. The lowest BCUT2D eigenvalue weighted by Gasteiger charge is -2.35. The Hall–Kier alpha value is -8.96. The van der Waals surface area contributed by atoms with Gasteiger partial charge in [0.25, 0.3) is 0 Å². The molecule has 0 saturated heterocycles. The highest BCUT2D eigenvalue weighted by Gasteiger charge is 2.43. The maximum atomic E-state index is 2.56. The second-order valence-electron chi connectivity index (χ2n) is 18.4. The lowest BCUT2D eigenvalue weighted by Crippen LogP contribution is -2.74. The summed E-state index contributed by atoms with van der Waals surface area (Å²) in [6, 6.07) is 101. The summed E-state index contributed by atoms with van der Waals surface area (Å²) in [5.41, 5.74) is 12.8. The zero-order valence-corrected chi connectivity index (χ0v) is 39.3. The molecular formula is C66H45N3Si. The Balaban J connectivity index is 1.10. The van der Waals surface area contributed by atoms with Gasteiger partial charge in [0, 0.05) is 43.7 Å². The van der Waals surface area contributed by atoms with E-state index >= 15 is 0 Å². The highest BCUT2D eigenvalue weighted by molar-refractivity contribution is 7.20. The van der Waals surface area contributed by atoms with Crippen LogP contribution in [-0.2, 0) is 0 Å². The van der Waals surface area contributed by atoms with Crippen molar-refractivity contribution in [1.29, 1.82) is 0 Å². The normalized spacial score (nSPS) is 12.0. The van der Waals surface area contributed by atoms with E-state index in [4.69, 9.17) is 0 Å². The van der Waals surface area contributed by atoms with E-state index in [-0.39, 0.29) is 0 Å². The minimum absolute atomic E-state index is 1.11. The molecule has 3 nitrogen and oxygen atoms in total. The maximum absolute atomic E-state index is 2.94. The molecule has 0 aliphatic heterocycles. The first kappa shape index (κ1) is 40.1. The summed E-state index contributed by atoms with van der Waals surface area (Å²) in [5.74, 6) is 0. The van der Waals surface area contributed by atoms with Crippen LogP contribution in [0.3, 0.4) is 0 Å². The quantitative estimate of drug-likeness (QED) is 0.107. The monoisotopic (exact) mass is 907 g/mol. The largest absolute Gasteiger partial charge is 0.309 e. The topological polar surface area (TPSA) is 14.8 Å². The van der Waals surface area contributed by atoms with E-state index in [2.05, 4.69) is 287 Å². The van der Waals surface area contributed by atoms with Crippen molar-refractivity contribution in [2.75, 3.05) is 0 Å². The molecule has 11 aromatic carbocycles. The van der Waals surface area contributed by atoms with Crippen LogP contribution in [0, 0.1) is 0 Å². The number of para-hydroxylation sites is 4. The fourth-order valence-corrected chi connectivity index (χ4v) is 16.9. The fraction of sp³-hybridized carbons (Fsp3) is 0. The van der Waals surface area contributed by atoms with Crippen molar-refractivity contribution in [3.8, 4) is 28.2 Å². The van der Waals surface area contributed by atoms with Gasteiger partial charge in [-0.1, -0.05) is 212 Å². The zero-order chi connectivity index (χ0) is 46.2. The molecule has 0 bridgehead atoms. The summed E-state index contributed by atoms with van der Waals surface area (Å²) < 4.78 is 7.51. The number of rotatable bonds is 8. The molecule has 70 heavy (non-hydrogen) atoms. The van der Waals surface area contributed by atoms with Gasteiger partial charge in [-0.15, -0.1) is 0 Å². The molecule has 0 spiro atoms. The summed E-state index contributed by atoms with van der Waals surface area (Å²) in [6.07, 6.45) is 0. The van der Waals surface area contributed by atoms with Crippen LogP contribution in [0.25, 0.3) is 93.6 Å². The van der Waals surface area contributed by atoms with Crippen LogP contribution in [0.4, 0.5) is 0 Å². The van der Waals surface area contributed by atoms with Crippen molar-refractivity contribution in [1.82, 2.24) is 13.7 Å². The number of hydrogen-bond donors (Lipinski definition) is 0. The van der Waals surface area contributed by atoms with Gasteiger partial charge >= 0.3 is 0 Å². The third-order valence-electron chi connectivity index (χ3n) is 14.8. The summed E-state index contributed by atoms with van der Waals surface area (Å²) in [4.78, 5) is 0. The van der Waals surface area contributed by atoms with Crippen LogP contribution >= 0.6 is 0 Å². The second-order valence-corrected chi connectivity index (χ2v) is 22.2. The Labute approximate surface area is 407 Å². The van der Waals surface area contributed by atoms with Crippen LogP contribution in [0.5, 0.6) is 0 Å². The molecule has 3 aromatic heterocycles. The van der Waals surface area contributed by atoms with Crippen LogP contribution < -0.4 is 20.7 Å². The maximum Gasteiger partial charge on any atom is 0.180 e. The van der Waals surface area contributed by atoms with E-state index in [1.165, 1.54) is 86.3 Å². The average Bonchev–Trinajstić information content (AvgIpc) is 4.08. The Kier molecular flexibility index (Phi) is 9.23. The van der Waals surface area contributed by atoms with Crippen molar-refractivity contribution < 1.29 is 0 Å². The van der Waals surface area contributed by atoms with Crippen LogP contribution in [0.1, 0.15) is 0 Å². The van der Waals surface area contributed by atoms with Gasteiger partial charge in [0.05, 0.1) is 38.8 Å². The zero-order valence-electron chi connectivity index (χ0n) is 38.3. The van der Waals surface area contributed by atoms with Crippen molar-refractivity contribution in [2.45, 2.75) is 0 Å². The number of fused-ring (bicyclic) bond motifs is 9. The van der Waals surface area contributed by atoms with Gasteiger partial charge < -0.3 is 13.7 Å². The van der Waals surface area contributed by atoms with Gasteiger partial charge in [0.15, 0.2) is 8.07 Å². The standard InChI is InChI=1S/C66H45N3Si/c1-5-22-46(23-6-1)47-24-19-25-48(44-47)68-61-43-42-49(67-58-36-16-13-32-53(58)54-33-14-17-37-59(54)67)45-57(61)55-35-20-40-63(66(55)68)69-60-38-18-15-34-56(60)65-62(69)39-21-41-64(65)70(50-26-7-2-8-27-50,51-28-9-3-10-29-51)52-30-11-4-12-31-52/h1-45H. The Morgan fingerprint density at radius 1 is 0.257 bits per heavy atom. The first-order valence-electron chi connectivity index (χ1n) is 24.2. The Bertz CT molecular complexity index is 4130. The molecule has 0 N–H and O–H groups in total. The predicted molar refractivity (Wildman–Crippen MR) is 299 cm³/mol. The molecule has 14 rings (SSSR count). The lowest BCUT2D eigenvalue weighted by molar-refractivity contribution is 1.13. The molecule has 3 heterocycles. The average molecular weight is 908 g/mol. The molecular weight excluding hydrogens is 863 g/mol. The second kappa shape index (κ2) is 16.1.